The van der Waals surface area contributed by atoms with Gasteiger partial charge in [0.05, 0.1) is 5.02 Å². The zero-order chi connectivity index (χ0) is 13.1. The molecule has 2 aromatic rings. The molecule has 0 radical (unpaired) electrons. The molecule has 2 N–H and O–H groups in total. The van der Waals surface area contributed by atoms with E-state index < -0.39 is 0 Å². The average Bonchev–Trinajstić information content (AvgIpc) is 2.80. The lowest BCUT2D eigenvalue weighted by Gasteiger charge is -2.22. The Balaban J connectivity index is 2.24. The van der Waals surface area contributed by atoms with E-state index in [2.05, 4.69) is 0 Å². The van der Waals surface area contributed by atoms with Crippen LogP contribution in [0.3, 0.4) is 0 Å². The molecular formula is C13H13Cl2NOS. The number of nitrogens with two attached hydrogens (primary N) is 1. The van der Waals surface area contributed by atoms with Gasteiger partial charge in [-0.1, -0.05) is 29.3 Å². The first-order valence-electron chi connectivity index (χ1n) is 5.48. The van der Waals surface area contributed by atoms with Crippen molar-refractivity contribution >= 4 is 34.5 Å². The Morgan fingerprint density at radius 3 is 2.61 bits per heavy atom. The van der Waals surface area contributed by atoms with Gasteiger partial charge in [-0.25, -0.2) is 0 Å². The van der Waals surface area contributed by atoms with Gasteiger partial charge in [0.15, 0.2) is 0 Å². The molecule has 96 valence electrons. The zero-order valence-corrected chi connectivity index (χ0v) is 12.1. The van der Waals surface area contributed by atoms with E-state index in [1.54, 1.807) is 29.5 Å². The van der Waals surface area contributed by atoms with Crippen molar-refractivity contribution < 1.29 is 4.74 Å². The van der Waals surface area contributed by atoms with E-state index in [9.17, 15) is 0 Å². The number of hydrogen-bond donors (Lipinski definition) is 1. The van der Waals surface area contributed by atoms with Crippen molar-refractivity contribution in [3.05, 3.63) is 50.6 Å². The van der Waals surface area contributed by atoms with Crippen LogP contribution in [0.1, 0.15) is 17.9 Å². The largest absolute Gasteiger partial charge is 0.482 e. The summed E-state index contributed by atoms with van der Waals surface area (Å²) < 4.78 is 5.90. The van der Waals surface area contributed by atoms with Crippen LogP contribution in [0.4, 0.5) is 0 Å². The van der Waals surface area contributed by atoms with Crippen LogP contribution in [-0.4, -0.2) is 6.04 Å². The van der Waals surface area contributed by atoms with Crippen molar-refractivity contribution in [3.8, 4) is 5.75 Å². The highest BCUT2D eigenvalue weighted by Crippen LogP contribution is 2.33. The van der Waals surface area contributed by atoms with Crippen LogP contribution >= 0.6 is 34.5 Å². The summed E-state index contributed by atoms with van der Waals surface area (Å²) >= 11 is 13.6. The lowest BCUT2D eigenvalue weighted by Crippen LogP contribution is -2.28. The van der Waals surface area contributed by atoms with E-state index in [0.29, 0.717) is 15.8 Å². The van der Waals surface area contributed by atoms with Crippen LogP contribution in [0.5, 0.6) is 5.75 Å². The topological polar surface area (TPSA) is 35.2 Å². The second-order valence-electron chi connectivity index (χ2n) is 3.99. The smallest absolute Gasteiger partial charge is 0.148 e. The Morgan fingerprint density at radius 2 is 2.06 bits per heavy atom. The molecule has 5 heteroatoms. The van der Waals surface area contributed by atoms with Crippen LogP contribution < -0.4 is 10.5 Å². The molecule has 2 atom stereocenters. The normalized spacial score (nSPS) is 14.2. The number of rotatable bonds is 4. The van der Waals surface area contributed by atoms with E-state index in [1.807, 2.05) is 24.4 Å². The van der Waals surface area contributed by atoms with Gasteiger partial charge in [0.25, 0.3) is 0 Å². The Morgan fingerprint density at radius 1 is 1.28 bits per heavy atom. The number of hydrogen-bond acceptors (Lipinski definition) is 3. The second kappa shape index (κ2) is 5.93. The third-order valence-electron chi connectivity index (χ3n) is 2.45. The molecule has 0 saturated heterocycles. The zero-order valence-electron chi connectivity index (χ0n) is 9.77. The van der Waals surface area contributed by atoms with Gasteiger partial charge >= 0.3 is 0 Å². The van der Waals surface area contributed by atoms with Crippen LogP contribution in [-0.2, 0) is 0 Å². The summed E-state index contributed by atoms with van der Waals surface area (Å²) in [5, 5.41) is 3.07. The number of ether oxygens (including phenoxy) is 1. The fourth-order valence-corrected chi connectivity index (χ4v) is 2.91. The van der Waals surface area contributed by atoms with Crippen molar-refractivity contribution in [2.45, 2.75) is 19.1 Å². The summed E-state index contributed by atoms with van der Waals surface area (Å²) in [5.74, 6) is 0.594. The average molecular weight is 302 g/mol. The van der Waals surface area contributed by atoms with Gasteiger partial charge in [-0.3, -0.25) is 0 Å². The minimum Gasteiger partial charge on any atom is -0.482 e. The molecule has 2 rings (SSSR count). The number of thiophene rings is 1. The maximum Gasteiger partial charge on any atom is 0.148 e. The maximum absolute atomic E-state index is 6.09. The van der Waals surface area contributed by atoms with Crippen LogP contribution in [0.15, 0.2) is 35.7 Å². The monoisotopic (exact) mass is 301 g/mol. The molecule has 2 unspecified atom stereocenters. The van der Waals surface area contributed by atoms with Gasteiger partial charge in [0.2, 0.25) is 0 Å². The predicted molar refractivity (Wildman–Crippen MR) is 77.8 cm³/mol. The first kappa shape index (κ1) is 13.7. The van der Waals surface area contributed by atoms with Crippen LogP contribution in [0, 0.1) is 0 Å². The second-order valence-corrected chi connectivity index (χ2v) is 5.81. The van der Waals surface area contributed by atoms with Crippen molar-refractivity contribution in [3.63, 3.8) is 0 Å². The summed E-state index contributed by atoms with van der Waals surface area (Å²) in [6.45, 7) is 1.91. The molecule has 1 aromatic carbocycles. The van der Waals surface area contributed by atoms with Crippen molar-refractivity contribution in [2.75, 3.05) is 0 Å². The van der Waals surface area contributed by atoms with E-state index in [0.717, 1.165) is 4.88 Å². The molecule has 0 amide bonds. The van der Waals surface area contributed by atoms with E-state index in [1.165, 1.54) is 0 Å². The van der Waals surface area contributed by atoms with Gasteiger partial charge in [0.1, 0.15) is 11.9 Å². The Labute approximate surface area is 120 Å². The molecule has 0 saturated carbocycles. The Bertz CT molecular complexity index is 514. The highest BCUT2D eigenvalue weighted by molar-refractivity contribution is 7.10. The molecule has 18 heavy (non-hydrogen) atoms. The number of benzene rings is 1. The third-order valence-corrected chi connectivity index (χ3v) is 3.91. The molecule has 0 aliphatic heterocycles. The highest BCUT2D eigenvalue weighted by Gasteiger charge is 2.20. The van der Waals surface area contributed by atoms with E-state index in [4.69, 9.17) is 33.7 Å². The lowest BCUT2D eigenvalue weighted by molar-refractivity contribution is 0.184. The van der Waals surface area contributed by atoms with Crippen LogP contribution in [0.2, 0.25) is 10.0 Å². The highest BCUT2D eigenvalue weighted by atomic mass is 35.5. The van der Waals surface area contributed by atoms with E-state index >= 15 is 0 Å². The van der Waals surface area contributed by atoms with Gasteiger partial charge in [-0.05, 0) is 36.6 Å². The summed E-state index contributed by atoms with van der Waals surface area (Å²) in [6.07, 6.45) is -0.205. The van der Waals surface area contributed by atoms with Gasteiger partial charge in [-0.15, -0.1) is 11.3 Å². The third kappa shape index (κ3) is 3.18. The fourth-order valence-electron chi connectivity index (χ4n) is 1.59. The molecule has 0 aliphatic carbocycles. The van der Waals surface area contributed by atoms with E-state index in [-0.39, 0.29) is 12.1 Å². The Hall–Kier alpha value is -0.740. The van der Waals surface area contributed by atoms with Crippen molar-refractivity contribution in [1.29, 1.82) is 0 Å². The minimum absolute atomic E-state index is 0.129. The van der Waals surface area contributed by atoms with Crippen molar-refractivity contribution in [2.24, 2.45) is 5.73 Å². The minimum atomic E-state index is -0.205. The molecular weight excluding hydrogens is 289 g/mol. The fraction of sp³-hybridized carbons (Fsp3) is 0.231. The molecule has 2 nitrogen and oxygen atoms in total. The van der Waals surface area contributed by atoms with Gasteiger partial charge in [-0.2, -0.15) is 0 Å². The molecule has 0 spiro atoms. The first-order valence-corrected chi connectivity index (χ1v) is 7.12. The molecule has 0 fully saturated rings. The SMILES string of the molecule is CC(N)C(Oc1ccc(Cl)cc1Cl)c1cccs1. The van der Waals surface area contributed by atoms with Gasteiger partial charge < -0.3 is 10.5 Å². The van der Waals surface area contributed by atoms with Crippen molar-refractivity contribution in [1.82, 2.24) is 0 Å². The summed E-state index contributed by atoms with van der Waals surface area (Å²) in [6, 6.07) is 9.01. The lowest BCUT2D eigenvalue weighted by atomic mass is 10.1. The quantitative estimate of drug-likeness (QED) is 0.901. The number of halogens is 2. The first-order chi connectivity index (χ1) is 8.58. The van der Waals surface area contributed by atoms with Gasteiger partial charge in [0, 0.05) is 15.9 Å². The Kier molecular flexibility index (Phi) is 4.51. The van der Waals surface area contributed by atoms with Crippen LogP contribution in [0.25, 0.3) is 0 Å². The summed E-state index contributed by atoms with van der Waals surface area (Å²) in [7, 11) is 0. The molecule has 0 bridgehead atoms. The predicted octanol–water partition coefficient (Wildman–Crippen LogP) is 4.52. The molecule has 1 aromatic heterocycles. The molecule has 0 aliphatic rings. The maximum atomic E-state index is 6.09. The summed E-state index contributed by atoms with van der Waals surface area (Å²) in [4.78, 5) is 1.08. The molecule has 1 heterocycles. The standard InChI is InChI=1S/C13H13Cl2NOS/c1-8(16)13(12-3-2-6-18-12)17-11-5-4-9(14)7-10(11)15/h2-8,13H,16H2,1H3. The summed E-state index contributed by atoms with van der Waals surface area (Å²) in [5.41, 5.74) is 5.97.